The average molecular weight is 400 g/mol. The second-order valence-electron chi connectivity index (χ2n) is 6.61. The molecule has 1 heterocycles. The van der Waals surface area contributed by atoms with E-state index in [0.717, 1.165) is 5.56 Å². The van der Waals surface area contributed by atoms with Crippen molar-refractivity contribution in [3.05, 3.63) is 70.1 Å². The van der Waals surface area contributed by atoms with Gasteiger partial charge in [-0.3, -0.25) is 15.0 Å². The summed E-state index contributed by atoms with van der Waals surface area (Å²) in [6.45, 7) is 5.38. The largest absolute Gasteiger partial charge is 0.287 e. The topological polar surface area (TPSA) is 110 Å². The van der Waals surface area contributed by atoms with Gasteiger partial charge in [0.15, 0.2) is 5.69 Å². The van der Waals surface area contributed by atoms with Crippen molar-refractivity contribution >= 4 is 26.7 Å². The lowest BCUT2D eigenvalue weighted by molar-refractivity contribution is 0.0939. The molecule has 8 nitrogen and oxygen atoms in total. The van der Waals surface area contributed by atoms with E-state index < -0.39 is 15.9 Å². The monoisotopic (exact) mass is 400 g/mol. The van der Waals surface area contributed by atoms with Gasteiger partial charge in [-0.1, -0.05) is 35.9 Å². The van der Waals surface area contributed by atoms with Crippen LogP contribution in [0.5, 0.6) is 0 Å². The Morgan fingerprint density at radius 2 is 1.64 bits per heavy atom. The molecule has 0 aliphatic heterocycles. The Labute approximate surface area is 162 Å². The lowest BCUT2D eigenvalue weighted by Gasteiger charge is -2.14. The number of carbonyl (C=O) groups excluding carboxylic acids is 1. The fourth-order valence-electron chi connectivity index (χ4n) is 2.67. The van der Waals surface area contributed by atoms with Crippen molar-refractivity contribution in [1.29, 1.82) is 0 Å². The van der Waals surface area contributed by atoms with Gasteiger partial charge in [0.1, 0.15) is 0 Å². The van der Waals surface area contributed by atoms with Crippen LogP contribution in [0.3, 0.4) is 0 Å². The zero-order chi connectivity index (χ0) is 20.5. The number of sulfonamides is 1. The van der Waals surface area contributed by atoms with Crippen LogP contribution < -0.4 is 15.8 Å². The summed E-state index contributed by atoms with van der Waals surface area (Å²) in [5.41, 5.74) is 2.72. The maximum Gasteiger partial charge on any atom is 0.287 e. The quantitative estimate of drug-likeness (QED) is 0.636. The van der Waals surface area contributed by atoms with Crippen molar-refractivity contribution < 1.29 is 13.2 Å². The molecule has 0 aliphatic carbocycles. The maximum atomic E-state index is 12.7. The highest BCUT2D eigenvalue weighted by molar-refractivity contribution is 7.89. The standard InChI is InChI=1S/C19H20N4O4S/c1-12(2)23-19(25)16-7-5-4-6-15(16)17(21-23)18(24)20-22-28(26,27)14-10-8-13(3)9-11-14/h4-12,22H,1-3H3,(H,20,24). The van der Waals surface area contributed by atoms with Crippen LogP contribution in [0.25, 0.3) is 10.8 Å². The zero-order valence-electron chi connectivity index (χ0n) is 15.6. The summed E-state index contributed by atoms with van der Waals surface area (Å²) in [7, 11) is -3.95. The number of hydrogen-bond acceptors (Lipinski definition) is 5. The van der Waals surface area contributed by atoms with Crippen LogP contribution in [0.15, 0.2) is 58.2 Å². The van der Waals surface area contributed by atoms with Gasteiger partial charge in [-0.25, -0.2) is 13.1 Å². The second-order valence-corrected chi connectivity index (χ2v) is 8.29. The molecule has 0 radical (unpaired) electrons. The molecule has 0 saturated carbocycles. The SMILES string of the molecule is Cc1ccc(S(=O)(=O)NNC(=O)c2nn(C(C)C)c(=O)c3ccccc23)cc1. The average Bonchev–Trinajstić information content (AvgIpc) is 2.67. The van der Waals surface area contributed by atoms with Gasteiger partial charge in [0.05, 0.1) is 16.3 Å². The van der Waals surface area contributed by atoms with Gasteiger partial charge in [-0.15, -0.1) is 4.83 Å². The minimum atomic E-state index is -3.95. The van der Waals surface area contributed by atoms with E-state index in [1.54, 1.807) is 50.2 Å². The van der Waals surface area contributed by atoms with Crippen molar-refractivity contribution in [2.24, 2.45) is 0 Å². The summed E-state index contributed by atoms with van der Waals surface area (Å²) in [5.74, 6) is -0.763. The first kappa shape index (κ1) is 19.7. The van der Waals surface area contributed by atoms with Crippen LogP contribution in [0, 0.1) is 6.92 Å². The first-order chi connectivity index (χ1) is 13.2. The molecule has 3 aromatic rings. The molecule has 9 heteroatoms. The van der Waals surface area contributed by atoms with E-state index in [-0.39, 0.29) is 22.2 Å². The first-order valence-electron chi connectivity index (χ1n) is 8.61. The maximum absolute atomic E-state index is 12.7. The Bertz CT molecular complexity index is 1200. The zero-order valence-corrected chi connectivity index (χ0v) is 16.4. The molecule has 146 valence electrons. The van der Waals surface area contributed by atoms with Gasteiger partial charge in [0.2, 0.25) is 0 Å². The third-order valence-electron chi connectivity index (χ3n) is 4.16. The molecule has 0 aliphatic rings. The van der Waals surface area contributed by atoms with Crippen LogP contribution in [0.4, 0.5) is 0 Å². The number of nitrogens with zero attached hydrogens (tertiary/aromatic N) is 2. The smallest absolute Gasteiger partial charge is 0.272 e. The van der Waals surface area contributed by atoms with Gasteiger partial charge >= 0.3 is 0 Å². The number of fused-ring (bicyclic) bond motifs is 1. The molecule has 28 heavy (non-hydrogen) atoms. The van der Waals surface area contributed by atoms with Crippen LogP contribution in [0.1, 0.15) is 35.9 Å². The predicted molar refractivity (Wildman–Crippen MR) is 105 cm³/mol. The molecule has 0 spiro atoms. The third-order valence-corrected chi connectivity index (χ3v) is 5.43. The fraction of sp³-hybridized carbons (Fsp3) is 0.211. The van der Waals surface area contributed by atoms with Crippen LogP contribution >= 0.6 is 0 Å². The molecular formula is C19H20N4O4S. The molecule has 2 N–H and O–H groups in total. The van der Waals surface area contributed by atoms with Gasteiger partial charge in [-0.05, 0) is 39.0 Å². The summed E-state index contributed by atoms with van der Waals surface area (Å²) in [4.78, 5) is 27.3. The number of nitrogens with one attached hydrogen (secondary N) is 2. The Balaban J connectivity index is 1.95. The van der Waals surface area contributed by atoms with Crippen LogP contribution in [-0.2, 0) is 10.0 Å². The van der Waals surface area contributed by atoms with Crippen molar-refractivity contribution in [2.75, 3.05) is 0 Å². The highest BCUT2D eigenvalue weighted by atomic mass is 32.2. The van der Waals surface area contributed by atoms with Crippen LogP contribution in [-0.4, -0.2) is 24.1 Å². The number of carbonyl (C=O) groups is 1. The van der Waals surface area contributed by atoms with E-state index in [0.29, 0.717) is 10.8 Å². The van der Waals surface area contributed by atoms with E-state index >= 15 is 0 Å². The summed E-state index contributed by atoms with van der Waals surface area (Å²) in [6.07, 6.45) is 0. The van der Waals surface area contributed by atoms with Crippen molar-refractivity contribution in [2.45, 2.75) is 31.7 Å². The summed E-state index contributed by atoms with van der Waals surface area (Å²) in [6, 6.07) is 12.5. The molecule has 2 aromatic carbocycles. The van der Waals surface area contributed by atoms with Gasteiger partial charge in [0, 0.05) is 5.39 Å². The Morgan fingerprint density at radius 3 is 2.25 bits per heavy atom. The van der Waals surface area contributed by atoms with Gasteiger partial charge in [-0.2, -0.15) is 5.10 Å². The fourth-order valence-corrected chi connectivity index (χ4v) is 3.51. The highest BCUT2D eigenvalue weighted by Crippen LogP contribution is 2.15. The van der Waals surface area contributed by atoms with Crippen molar-refractivity contribution in [3.63, 3.8) is 0 Å². The lowest BCUT2D eigenvalue weighted by Crippen LogP contribution is -2.42. The van der Waals surface area contributed by atoms with Gasteiger partial charge < -0.3 is 0 Å². The molecule has 1 amide bonds. The van der Waals surface area contributed by atoms with E-state index in [1.807, 2.05) is 6.92 Å². The predicted octanol–water partition coefficient (Wildman–Crippen LogP) is 1.91. The number of aryl methyl sites for hydroxylation is 1. The lowest BCUT2D eigenvalue weighted by atomic mass is 10.1. The molecule has 1 aromatic heterocycles. The summed E-state index contributed by atoms with van der Waals surface area (Å²) in [5, 5.41) is 4.82. The van der Waals surface area contributed by atoms with Crippen LogP contribution in [0.2, 0.25) is 0 Å². The number of hydrazine groups is 1. The van der Waals surface area contributed by atoms with Crippen molar-refractivity contribution in [3.8, 4) is 0 Å². The summed E-state index contributed by atoms with van der Waals surface area (Å²) >= 11 is 0. The van der Waals surface area contributed by atoms with E-state index in [9.17, 15) is 18.0 Å². The Morgan fingerprint density at radius 1 is 1.04 bits per heavy atom. The number of aromatic nitrogens is 2. The molecule has 0 saturated heterocycles. The number of hydrogen-bond donors (Lipinski definition) is 2. The van der Waals surface area contributed by atoms with E-state index in [2.05, 4.69) is 15.4 Å². The molecule has 0 atom stereocenters. The molecule has 0 fully saturated rings. The van der Waals surface area contributed by atoms with E-state index in [4.69, 9.17) is 0 Å². The molecule has 3 rings (SSSR count). The molecule has 0 bridgehead atoms. The van der Waals surface area contributed by atoms with Crippen molar-refractivity contribution in [1.82, 2.24) is 20.0 Å². The highest BCUT2D eigenvalue weighted by Gasteiger charge is 2.20. The minimum absolute atomic E-state index is 0.0170. The molecule has 0 unspecified atom stereocenters. The third kappa shape index (κ3) is 3.80. The van der Waals surface area contributed by atoms with Gasteiger partial charge in [0.25, 0.3) is 21.5 Å². The second kappa shape index (κ2) is 7.53. The Kier molecular flexibility index (Phi) is 5.30. The Hall–Kier alpha value is -3.04. The summed E-state index contributed by atoms with van der Waals surface area (Å²) < 4.78 is 25.9. The normalized spacial score (nSPS) is 11.7. The molecular weight excluding hydrogens is 380 g/mol. The number of benzene rings is 2. The first-order valence-corrected chi connectivity index (χ1v) is 10.1. The number of amides is 1. The van der Waals surface area contributed by atoms with E-state index in [1.165, 1.54) is 16.8 Å². The number of rotatable bonds is 5. The minimum Gasteiger partial charge on any atom is -0.272 e.